The van der Waals surface area contributed by atoms with E-state index in [0.717, 1.165) is 43.5 Å². The normalized spacial score (nSPS) is 14.9. The maximum atomic E-state index is 11.4. The lowest BCUT2D eigenvalue weighted by Gasteiger charge is -2.31. The van der Waals surface area contributed by atoms with E-state index < -0.39 is 12.1 Å². The molecule has 0 aromatic heterocycles. The van der Waals surface area contributed by atoms with E-state index >= 15 is 0 Å². The Morgan fingerprint density at radius 3 is 2.33 bits per heavy atom. The third-order valence-corrected chi connectivity index (χ3v) is 8.45. The van der Waals surface area contributed by atoms with Crippen molar-refractivity contribution in [2.75, 3.05) is 26.8 Å². The number of carboxylic acid groups (broad SMARTS) is 1. The Morgan fingerprint density at radius 2 is 1.58 bits per heavy atom. The predicted octanol–water partition coefficient (Wildman–Crippen LogP) is 7.01. The van der Waals surface area contributed by atoms with E-state index in [1.807, 2.05) is 31.2 Å². The summed E-state index contributed by atoms with van der Waals surface area (Å²) in [7, 11) is 2.20. The summed E-state index contributed by atoms with van der Waals surface area (Å²) in [5.74, 6) is -0.161. The van der Waals surface area contributed by atoms with Crippen LogP contribution >= 0.6 is 0 Å². The van der Waals surface area contributed by atoms with Crippen molar-refractivity contribution in [3.8, 4) is 5.75 Å². The summed E-state index contributed by atoms with van der Waals surface area (Å²) in [4.78, 5) is 13.9. The van der Waals surface area contributed by atoms with Gasteiger partial charge in [-0.3, -0.25) is 4.90 Å². The fourth-order valence-corrected chi connectivity index (χ4v) is 6.13. The molecule has 5 nitrogen and oxygen atoms in total. The van der Waals surface area contributed by atoms with Gasteiger partial charge in [0.25, 0.3) is 0 Å². The SMILES string of the molecule is CCOC(Cc1ccc(OCCN(C)C2c3ccc(CCc4ccccc4)cc3CCc3ccc(C)cc32)cc1)C(=O)O. The van der Waals surface area contributed by atoms with Gasteiger partial charge in [0.1, 0.15) is 12.4 Å². The van der Waals surface area contributed by atoms with Gasteiger partial charge >= 0.3 is 5.97 Å². The molecule has 2 atom stereocenters. The van der Waals surface area contributed by atoms with E-state index in [-0.39, 0.29) is 6.04 Å². The lowest BCUT2D eigenvalue weighted by Crippen LogP contribution is -2.30. The molecule has 4 aromatic rings. The maximum absolute atomic E-state index is 11.4. The minimum atomic E-state index is -0.939. The van der Waals surface area contributed by atoms with Gasteiger partial charge in [0.2, 0.25) is 0 Å². The standard InChI is InChI=1S/C38H43NO4/c1-4-42-36(38(40)41)26-30-13-19-33(20-14-30)43-23-22-39(3)37-34-21-15-29(12-11-28-8-6-5-7-9-28)25-32(34)18-17-31-16-10-27(2)24-35(31)37/h5-10,13-16,19-21,24-25,36-37H,4,11-12,17-18,22-23,26H2,1-3H3,(H,40,41). The molecule has 5 heteroatoms. The van der Waals surface area contributed by atoms with Crippen LogP contribution in [0.1, 0.15) is 57.5 Å². The number of nitrogens with zero attached hydrogens (tertiary/aromatic N) is 1. The van der Waals surface area contributed by atoms with Crippen molar-refractivity contribution >= 4 is 5.97 Å². The molecule has 0 aliphatic heterocycles. The molecular formula is C38H43NO4. The summed E-state index contributed by atoms with van der Waals surface area (Å²) in [5.41, 5.74) is 10.6. The smallest absolute Gasteiger partial charge is 0.333 e. The van der Waals surface area contributed by atoms with E-state index in [1.54, 1.807) is 0 Å². The second-order valence-corrected chi connectivity index (χ2v) is 11.6. The molecule has 1 aliphatic rings. The first-order valence-electron chi connectivity index (χ1n) is 15.4. The summed E-state index contributed by atoms with van der Waals surface area (Å²) in [6.45, 7) is 5.67. The van der Waals surface area contributed by atoms with Gasteiger partial charge < -0.3 is 14.6 Å². The zero-order chi connectivity index (χ0) is 30.2. The summed E-state index contributed by atoms with van der Waals surface area (Å²) >= 11 is 0. The van der Waals surface area contributed by atoms with Crippen LogP contribution in [-0.4, -0.2) is 48.9 Å². The molecule has 224 valence electrons. The van der Waals surface area contributed by atoms with E-state index in [4.69, 9.17) is 9.47 Å². The first kappa shape index (κ1) is 30.5. The molecule has 1 N–H and O–H groups in total. The average molecular weight is 578 g/mol. The van der Waals surface area contributed by atoms with Crippen molar-refractivity contribution in [1.29, 1.82) is 0 Å². The molecule has 0 radical (unpaired) electrons. The first-order valence-corrected chi connectivity index (χ1v) is 15.4. The molecule has 2 unspecified atom stereocenters. The number of fused-ring (bicyclic) bond motifs is 2. The van der Waals surface area contributed by atoms with Crippen LogP contribution in [0.4, 0.5) is 0 Å². The second kappa shape index (κ2) is 14.5. The van der Waals surface area contributed by atoms with Gasteiger partial charge in [-0.15, -0.1) is 0 Å². The van der Waals surface area contributed by atoms with Gasteiger partial charge in [0, 0.05) is 19.6 Å². The van der Waals surface area contributed by atoms with Crippen LogP contribution in [0.5, 0.6) is 5.75 Å². The average Bonchev–Trinajstić information content (AvgIpc) is 3.17. The zero-order valence-corrected chi connectivity index (χ0v) is 25.6. The number of carbonyl (C=O) groups is 1. The van der Waals surface area contributed by atoms with Crippen LogP contribution < -0.4 is 4.74 Å². The number of ether oxygens (including phenoxy) is 2. The van der Waals surface area contributed by atoms with Crippen LogP contribution in [0.25, 0.3) is 0 Å². The Hall–Kier alpha value is -3.93. The van der Waals surface area contributed by atoms with Gasteiger partial charge in [-0.2, -0.15) is 0 Å². The van der Waals surface area contributed by atoms with Crippen molar-refractivity contribution < 1.29 is 19.4 Å². The fourth-order valence-electron chi connectivity index (χ4n) is 6.13. The second-order valence-electron chi connectivity index (χ2n) is 11.6. The van der Waals surface area contributed by atoms with E-state index in [9.17, 15) is 9.90 Å². The molecule has 5 rings (SSSR count). The highest BCUT2D eigenvalue weighted by atomic mass is 16.5. The first-order chi connectivity index (χ1) is 20.9. The number of hydrogen-bond donors (Lipinski definition) is 1. The molecule has 0 bridgehead atoms. The summed E-state index contributed by atoms with van der Waals surface area (Å²) in [6, 6.07) is 32.6. The van der Waals surface area contributed by atoms with Crippen LogP contribution in [0.2, 0.25) is 0 Å². The van der Waals surface area contributed by atoms with E-state index in [1.165, 1.54) is 38.9 Å². The Morgan fingerprint density at radius 1 is 0.860 bits per heavy atom. The highest BCUT2D eigenvalue weighted by molar-refractivity contribution is 5.72. The highest BCUT2D eigenvalue weighted by Gasteiger charge is 2.27. The van der Waals surface area contributed by atoms with Crippen LogP contribution in [0.15, 0.2) is 91.0 Å². The number of aryl methyl sites for hydroxylation is 5. The van der Waals surface area contributed by atoms with Gasteiger partial charge in [0.05, 0.1) is 6.04 Å². The molecule has 4 aromatic carbocycles. The van der Waals surface area contributed by atoms with Crippen LogP contribution in [0, 0.1) is 6.92 Å². The molecule has 0 amide bonds. The Kier molecular flexibility index (Phi) is 10.3. The number of carboxylic acids is 1. The topological polar surface area (TPSA) is 59.0 Å². The number of aliphatic carboxylic acids is 1. The van der Waals surface area contributed by atoms with Crippen molar-refractivity contribution in [3.63, 3.8) is 0 Å². The number of likely N-dealkylation sites (N-methyl/N-ethyl adjacent to an activating group) is 1. The molecule has 43 heavy (non-hydrogen) atoms. The fraction of sp³-hybridized carbons (Fsp3) is 0.342. The number of rotatable bonds is 13. The molecule has 1 aliphatic carbocycles. The molecule has 0 fully saturated rings. The van der Waals surface area contributed by atoms with Crippen molar-refractivity contribution in [2.45, 2.75) is 58.1 Å². The quantitative estimate of drug-likeness (QED) is 0.185. The lowest BCUT2D eigenvalue weighted by atomic mass is 9.91. The molecular weight excluding hydrogens is 534 g/mol. The minimum absolute atomic E-state index is 0.160. The summed E-state index contributed by atoms with van der Waals surface area (Å²) in [6.07, 6.45) is 3.68. The van der Waals surface area contributed by atoms with Crippen molar-refractivity contribution in [2.24, 2.45) is 0 Å². The monoisotopic (exact) mass is 577 g/mol. The van der Waals surface area contributed by atoms with Crippen LogP contribution in [0.3, 0.4) is 0 Å². The van der Waals surface area contributed by atoms with Crippen molar-refractivity contribution in [1.82, 2.24) is 4.90 Å². The molecule has 0 spiro atoms. The van der Waals surface area contributed by atoms with Crippen molar-refractivity contribution in [3.05, 3.63) is 136 Å². The molecule has 0 saturated carbocycles. The maximum Gasteiger partial charge on any atom is 0.333 e. The van der Waals surface area contributed by atoms with Gasteiger partial charge in [0.15, 0.2) is 6.10 Å². The van der Waals surface area contributed by atoms with Gasteiger partial charge in [-0.05, 0) is 97.7 Å². The summed E-state index contributed by atoms with van der Waals surface area (Å²) in [5, 5.41) is 9.38. The van der Waals surface area contributed by atoms with E-state index in [2.05, 4.69) is 85.6 Å². The predicted molar refractivity (Wildman–Crippen MR) is 172 cm³/mol. The van der Waals surface area contributed by atoms with Gasteiger partial charge in [-0.1, -0.05) is 84.4 Å². The zero-order valence-electron chi connectivity index (χ0n) is 25.6. The number of hydrogen-bond acceptors (Lipinski definition) is 4. The Bertz CT molecular complexity index is 1500. The lowest BCUT2D eigenvalue weighted by molar-refractivity contribution is -0.149. The number of benzene rings is 4. The van der Waals surface area contributed by atoms with Gasteiger partial charge in [-0.25, -0.2) is 4.79 Å². The molecule has 0 heterocycles. The van der Waals surface area contributed by atoms with Crippen LogP contribution in [-0.2, 0) is 41.6 Å². The van der Waals surface area contributed by atoms with E-state index in [0.29, 0.717) is 19.6 Å². The Labute approximate surface area is 256 Å². The third-order valence-electron chi connectivity index (χ3n) is 8.45. The summed E-state index contributed by atoms with van der Waals surface area (Å²) < 4.78 is 11.5. The minimum Gasteiger partial charge on any atom is -0.492 e. The third kappa shape index (κ3) is 7.92. The largest absolute Gasteiger partial charge is 0.492 e. The molecule has 0 saturated heterocycles. The Balaban J connectivity index is 1.28. The highest BCUT2D eigenvalue weighted by Crippen LogP contribution is 2.37.